The van der Waals surface area contributed by atoms with E-state index in [9.17, 15) is 18.0 Å². The van der Waals surface area contributed by atoms with E-state index in [-0.39, 0.29) is 5.69 Å². The molecule has 0 atom stereocenters. The van der Waals surface area contributed by atoms with Crippen LogP contribution < -0.4 is 5.32 Å². The number of halogens is 3. The van der Waals surface area contributed by atoms with Crippen LogP contribution in [-0.4, -0.2) is 13.2 Å². The first-order valence-corrected chi connectivity index (χ1v) is 6.22. The molecule has 1 aromatic rings. The Balaban J connectivity index is 0.000000621. The Morgan fingerprint density at radius 3 is 2.00 bits per heavy atom. The van der Waals surface area contributed by atoms with E-state index < -0.39 is 17.8 Å². The monoisotopic (exact) mass is 291 g/mol. The maximum atomic E-state index is 12.1. The van der Waals surface area contributed by atoms with E-state index >= 15 is 0 Å². The maximum Gasteiger partial charge on any atom is 0.416 e. The van der Waals surface area contributed by atoms with Gasteiger partial charge in [-0.2, -0.15) is 13.2 Å². The van der Waals surface area contributed by atoms with Gasteiger partial charge in [0, 0.05) is 5.69 Å². The Morgan fingerprint density at radius 2 is 1.70 bits per heavy atom. The number of anilines is 1. The lowest BCUT2D eigenvalue weighted by atomic mass is 10.2. The first kappa shape index (κ1) is 18.3. The quantitative estimate of drug-likeness (QED) is 0.838. The van der Waals surface area contributed by atoms with Crippen molar-refractivity contribution in [3.8, 4) is 0 Å². The van der Waals surface area contributed by atoms with Gasteiger partial charge in [0.1, 0.15) is 0 Å². The van der Waals surface area contributed by atoms with Crippen molar-refractivity contribution in [2.45, 2.75) is 33.4 Å². The topological polar surface area (TPSA) is 38.3 Å². The number of ether oxygens (including phenoxy) is 1. The standard InChI is InChI=1S/C9H8F3NO2.C5H12/c1-15-8(14)13-7-4-2-6(3-5-7)9(10,11)12;1-4-5(2)3/h2-5H,1H3,(H,13,14);5H,4H2,1-3H3. The number of rotatable bonds is 2. The molecule has 20 heavy (non-hydrogen) atoms. The Labute approximate surface area is 117 Å². The number of alkyl halides is 3. The fourth-order valence-corrected chi connectivity index (χ4v) is 0.911. The number of hydrogen-bond donors (Lipinski definition) is 1. The van der Waals surface area contributed by atoms with Gasteiger partial charge < -0.3 is 4.74 Å². The SMILES string of the molecule is CCC(C)C.COC(=O)Nc1ccc(C(F)(F)F)cc1. The zero-order chi connectivity index (χ0) is 15.8. The van der Waals surface area contributed by atoms with Gasteiger partial charge in [-0.05, 0) is 30.2 Å². The van der Waals surface area contributed by atoms with Gasteiger partial charge >= 0.3 is 12.3 Å². The Morgan fingerprint density at radius 1 is 1.25 bits per heavy atom. The normalized spacial score (nSPS) is 10.6. The highest BCUT2D eigenvalue weighted by atomic mass is 19.4. The molecule has 3 nitrogen and oxygen atoms in total. The molecule has 114 valence electrons. The summed E-state index contributed by atoms with van der Waals surface area (Å²) in [5.41, 5.74) is -0.521. The molecule has 0 aromatic heterocycles. The van der Waals surface area contributed by atoms with Crippen molar-refractivity contribution in [2.24, 2.45) is 5.92 Å². The Kier molecular flexibility index (Phi) is 7.72. The number of amides is 1. The van der Waals surface area contributed by atoms with Crippen molar-refractivity contribution >= 4 is 11.8 Å². The van der Waals surface area contributed by atoms with Gasteiger partial charge in [-0.15, -0.1) is 0 Å². The predicted molar refractivity (Wildman–Crippen MR) is 72.6 cm³/mol. The summed E-state index contributed by atoms with van der Waals surface area (Å²) in [4.78, 5) is 10.7. The van der Waals surface area contributed by atoms with E-state index in [1.165, 1.54) is 13.5 Å². The average Bonchev–Trinajstić information content (AvgIpc) is 2.38. The molecule has 0 radical (unpaired) electrons. The zero-order valence-corrected chi connectivity index (χ0v) is 12.0. The summed E-state index contributed by atoms with van der Waals surface area (Å²) in [6.45, 7) is 6.64. The summed E-state index contributed by atoms with van der Waals surface area (Å²) in [7, 11) is 1.17. The molecular formula is C14H20F3NO2. The molecule has 0 heterocycles. The minimum absolute atomic E-state index is 0.245. The smallest absolute Gasteiger partial charge is 0.416 e. The number of methoxy groups -OCH3 is 1. The second kappa shape index (κ2) is 8.45. The molecule has 0 saturated heterocycles. The lowest BCUT2D eigenvalue weighted by Gasteiger charge is -2.07. The minimum Gasteiger partial charge on any atom is -0.453 e. The Hall–Kier alpha value is -1.72. The van der Waals surface area contributed by atoms with Crippen LogP contribution in [0.5, 0.6) is 0 Å². The summed E-state index contributed by atoms with van der Waals surface area (Å²) in [5.74, 6) is 0.884. The van der Waals surface area contributed by atoms with Crippen LogP contribution in [0.4, 0.5) is 23.7 Å². The minimum atomic E-state index is -4.37. The summed E-state index contributed by atoms with van der Waals surface area (Å²) in [6, 6.07) is 4.07. The molecule has 0 unspecified atom stereocenters. The molecule has 0 aliphatic heterocycles. The third-order valence-electron chi connectivity index (χ3n) is 2.46. The van der Waals surface area contributed by atoms with Crippen LogP contribution in [0, 0.1) is 5.92 Å². The van der Waals surface area contributed by atoms with E-state index in [0.29, 0.717) is 0 Å². The summed E-state index contributed by atoms with van der Waals surface area (Å²) in [6.07, 6.45) is -3.79. The van der Waals surface area contributed by atoms with Crippen LogP contribution in [0.25, 0.3) is 0 Å². The van der Waals surface area contributed by atoms with Gasteiger partial charge in [-0.3, -0.25) is 5.32 Å². The molecule has 1 rings (SSSR count). The molecule has 0 saturated carbocycles. The second-order valence-electron chi connectivity index (χ2n) is 4.49. The molecule has 0 fully saturated rings. The molecule has 0 aliphatic rings. The zero-order valence-electron chi connectivity index (χ0n) is 12.0. The molecule has 1 aromatic carbocycles. The molecular weight excluding hydrogens is 271 g/mol. The lowest BCUT2D eigenvalue weighted by Crippen LogP contribution is -2.11. The van der Waals surface area contributed by atoms with Crippen LogP contribution in [0.1, 0.15) is 32.8 Å². The Bertz CT molecular complexity index is 400. The molecule has 6 heteroatoms. The highest BCUT2D eigenvalue weighted by molar-refractivity contribution is 5.84. The van der Waals surface area contributed by atoms with Crippen LogP contribution in [0.3, 0.4) is 0 Å². The third-order valence-corrected chi connectivity index (χ3v) is 2.46. The first-order chi connectivity index (χ1) is 9.20. The molecule has 0 aliphatic carbocycles. The van der Waals surface area contributed by atoms with Crippen molar-refractivity contribution in [2.75, 3.05) is 12.4 Å². The highest BCUT2D eigenvalue weighted by Gasteiger charge is 2.29. The van der Waals surface area contributed by atoms with Crippen molar-refractivity contribution in [1.82, 2.24) is 0 Å². The van der Waals surface area contributed by atoms with Crippen LogP contribution in [-0.2, 0) is 10.9 Å². The first-order valence-electron chi connectivity index (χ1n) is 6.22. The number of carbonyl (C=O) groups excluding carboxylic acids is 1. The van der Waals surface area contributed by atoms with Gasteiger partial charge in [0.05, 0.1) is 12.7 Å². The molecule has 1 amide bonds. The van der Waals surface area contributed by atoms with Crippen molar-refractivity contribution < 1.29 is 22.7 Å². The van der Waals surface area contributed by atoms with Crippen molar-refractivity contribution in [1.29, 1.82) is 0 Å². The molecule has 0 bridgehead atoms. The average molecular weight is 291 g/mol. The number of hydrogen-bond acceptors (Lipinski definition) is 2. The van der Waals surface area contributed by atoms with E-state index in [2.05, 4.69) is 30.8 Å². The number of nitrogens with one attached hydrogen (secondary N) is 1. The van der Waals surface area contributed by atoms with Crippen LogP contribution in [0.15, 0.2) is 24.3 Å². The van der Waals surface area contributed by atoms with E-state index in [1.54, 1.807) is 0 Å². The van der Waals surface area contributed by atoms with E-state index in [1.807, 2.05) is 0 Å². The summed E-state index contributed by atoms with van der Waals surface area (Å²) >= 11 is 0. The highest BCUT2D eigenvalue weighted by Crippen LogP contribution is 2.29. The second-order valence-corrected chi connectivity index (χ2v) is 4.49. The van der Waals surface area contributed by atoms with Crippen molar-refractivity contribution in [3.05, 3.63) is 29.8 Å². The van der Waals surface area contributed by atoms with Gasteiger partial charge in [0.15, 0.2) is 0 Å². The third kappa shape index (κ3) is 7.66. The molecule has 0 spiro atoms. The fourth-order valence-electron chi connectivity index (χ4n) is 0.911. The largest absolute Gasteiger partial charge is 0.453 e. The number of benzene rings is 1. The van der Waals surface area contributed by atoms with Crippen molar-refractivity contribution in [3.63, 3.8) is 0 Å². The maximum absolute atomic E-state index is 12.1. The predicted octanol–water partition coefficient (Wildman–Crippen LogP) is 4.94. The molecule has 1 N–H and O–H groups in total. The number of carbonyl (C=O) groups is 1. The fraction of sp³-hybridized carbons (Fsp3) is 0.500. The van der Waals surface area contributed by atoms with E-state index in [0.717, 1.165) is 30.2 Å². The van der Waals surface area contributed by atoms with Gasteiger partial charge in [-0.1, -0.05) is 27.2 Å². The lowest BCUT2D eigenvalue weighted by molar-refractivity contribution is -0.137. The van der Waals surface area contributed by atoms with Gasteiger partial charge in [0.25, 0.3) is 0 Å². The van der Waals surface area contributed by atoms with Crippen LogP contribution >= 0.6 is 0 Å². The van der Waals surface area contributed by atoms with Gasteiger partial charge in [0.2, 0.25) is 0 Å². The van der Waals surface area contributed by atoms with E-state index in [4.69, 9.17) is 0 Å². The van der Waals surface area contributed by atoms with Crippen LogP contribution in [0.2, 0.25) is 0 Å². The van der Waals surface area contributed by atoms with Gasteiger partial charge in [-0.25, -0.2) is 4.79 Å². The summed E-state index contributed by atoms with van der Waals surface area (Å²) < 4.78 is 40.7. The summed E-state index contributed by atoms with van der Waals surface area (Å²) in [5, 5.41) is 2.24.